The number of rotatable bonds is 25. The van der Waals surface area contributed by atoms with E-state index in [0.29, 0.717) is 19.3 Å². The molecule has 0 aromatic heterocycles. The van der Waals surface area contributed by atoms with Gasteiger partial charge in [-0.1, -0.05) is 58.3 Å². The number of carboxylic acids is 2. The van der Waals surface area contributed by atoms with E-state index in [-0.39, 0.29) is 97.6 Å². The molecule has 0 bridgehead atoms. The van der Waals surface area contributed by atoms with Crippen LogP contribution in [0.5, 0.6) is 0 Å². The van der Waals surface area contributed by atoms with Crippen molar-refractivity contribution in [3.05, 3.63) is 0 Å². The second-order valence-electron chi connectivity index (χ2n) is 9.86. The maximum atomic E-state index is 12.5. The normalized spacial score (nSPS) is 12.9. The van der Waals surface area contributed by atoms with E-state index >= 15 is 0 Å². The Kier molecular flexibility index (Phi) is 27.5. The van der Waals surface area contributed by atoms with Crippen LogP contribution in [0.2, 0.25) is 0 Å². The maximum absolute atomic E-state index is 12.5. The van der Waals surface area contributed by atoms with Crippen molar-refractivity contribution in [3.8, 4) is 0 Å². The SMILES string of the molecule is CCCCCCCCCCCC(=O)NC(CCCOC(=O)C(N)CCC(=O)O)COC(=O)C(N)CCC(=O)O.[H-].[K+]. The Balaban J connectivity index is -0.00000722. The molecule has 0 aliphatic rings. The summed E-state index contributed by atoms with van der Waals surface area (Å²) in [4.78, 5) is 57.8. The third kappa shape index (κ3) is 24.7. The number of hydrogen-bond donors (Lipinski definition) is 5. The van der Waals surface area contributed by atoms with E-state index in [1.807, 2.05) is 0 Å². The van der Waals surface area contributed by atoms with Crippen LogP contribution in [0.3, 0.4) is 0 Å². The molecule has 0 aromatic rings. The smallest absolute Gasteiger partial charge is 1.00 e. The predicted molar refractivity (Wildman–Crippen MR) is 146 cm³/mol. The number of nitrogens with one attached hydrogen (secondary N) is 1. The monoisotopic (exact) mass is 599 g/mol. The first-order chi connectivity index (χ1) is 18.6. The second kappa shape index (κ2) is 26.8. The molecule has 0 saturated heterocycles. The third-order valence-corrected chi connectivity index (χ3v) is 6.18. The first-order valence-corrected chi connectivity index (χ1v) is 14.1. The molecule has 0 fully saturated rings. The van der Waals surface area contributed by atoms with Gasteiger partial charge in [-0.15, -0.1) is 0 Å². The minimum atomic E-state index is -1.09. The summed E-state index contributed by atoms with van der Waals surface area (Å²) >= 11 is 0. The number of ether oxygens (including phenoxy) is 2. The van der Waals surface area contributed by atoms with Gasteiger partial charge in [0.2, 0.25) is 5.91 Å². The van der Waals surface area contributed by atoms with Crippen LogP contribution in [0.4, 0.5) is 0 Å². The summed E-state index contributed by atoms with van der Waals surface area (Å²) in [5.74, 6) is -3.78. The second-order valence-corrected chi connectivity index (χ2v) is 9.86. The number of esters is 2. The van der Waals surface area contributed by atoms with E-state index in [0.717, 1.165) is 25.7 Å². The molecule has 13 heteroatoms. The number of carbonyl (C=O) groups excluding carboxylic acids is 3. The average Bonchev–Trinajstić information content (AvgIpc) is 2.89. The summed E-state index contributed by atoms with van der Waals surface area (Å²) in [7, 11) is 0. The van der Waals surface area contributed by atoms with Crippen LogP contribution in [0.25, 0.3) is 0 Å². The van der Waals surface area contributed by atoms with Gasteiger partial charge in [-0.25, -0.2) is 0 Å². The zero-order chi connectivity index (χ0) is 29.5. The molecule has 0 radical (unpaired) electrons. The molecule has 1 amide bonds. The Morgan fingerprint density at radius 1 is 0.700 bits per heavy atom. The van der Waals surface area contributed by atoms with Crippen molar-refractivity contribution in [1.29, 1.82) is 0 Å². The molecule has 228 valence electrons. The molecular formula is C27H50KN3O9. The molecule has 7 N–H and O–H groups in total. The van der Waals surface area contributed by atoms with E-state index in [9.17, 15) is 24.0 Å². The van der Waals surface area contributed by atoms with E-state index in [1.165, 1.54) is 32.1 Å². The van der Waals surface area contributed by atoms with Gasteiger partial charge >= 0.3 is 75.3 Å². The standard InChI is InChI=1S/C27H49N3O9.K.H/c1-2-3-4-5-6-7-8-9-10-13-23(31)30-20(19-39-27(37)22(29)15-17-25(34)35)12-11-18-38-26(36)21(28)14-16-24(32)33;;/h20-22H,2-19,28-29H2,1H3,(H,30,31)(H,32,33)(H,34,35);;/q;+1;-1. The van der Waals surface area contributed by atoms with Crippen molar-refractivity contribution in [2.24, 2.45) is 11.5 Å². The van der Waals surface area contributed by atoms with Gasteiger partial charge in [0.25, 0.3) is 0 Å². The van der Waals surface area contributed by atoms with Gasteiger partial charge in [-0.2, -0.15) is 0 Å². The summed E-state index contributed by atoms with van der Waals surface area (Å²) < 4.78 is 10.3. The fraction of sp³-hybridized carbons (Fsp3) is 0.815. The molecule has 0 saturated carbocycles. The number of unbranched alkanes of at least 4 members (excludes halogenated alkanes) is 8. The molecule has 0 aromatic carbocycles. The fourth-order valence-electron chi connectivity index (χ4n) is 3.79. The average molecular weight is 600 g/mol. The van der Waals surface area contributed by atoms with Crippen molar-refractivity contribution < 1.29 is 96.5 Å². The van der Waals surface area contributed by atoms with Crippen molar-refractivity contribution in [2.45, 2.75) is 128 Å². The van der Waals surface area contributed by atoms with Gasteiger partial charge in [0, 0.05) is 19.3 Å². The third-order valence-electron chi connectivity index (χ3n) is 6.18. The zero-order valence-corrected chi connectivity index (χ0v) is 27.5. The van der Waals surface area contributed by atoms with Crippen LogP contribution in [0.15, 0.2) is 0 Å². The Morgan fingerprint density at radius 3 is 1.68 bits per heavy atom. The van der Waals surface area contributed by atoms with Crippen molar-refractivity contribution >= 4 is 29.8 Å². The van der Waals surface area contributed by atoms with E-state index in [1.54, 1.807) is 0 Å². The van der Waals surface area contributed by atoms with Gasteiger partial charge in [0.05, 0.1) is 12.6 Å². The molecule has 0 aliphatic carbocycles. The summed E-state index contributed by atoms with van der Waals surface area (Å²) in [5, 5.41) is 20.3. The first-order valence-electron chi connectivity index (χ1n) is 14.1. The van der Waals surface area contributed by atoms with Gasteiger partial charge < -0.3 is 37.9 Å². The summed E-state index contributed by atoms with van der Waals surface area (Å²) in [5.41, 5.74) is 11.3. The van der Waals surface area contributed by atoms with Crippen molar-refractivity contribution in [3.63, 3.8) is 0 Å². The number of hydrogen-bond acceptors (Lipinski definition) is 9. The van der Waals surface area contributed by atoms with Crippen LogP contribution in [-0.4, -0.2) is 71.3 Å². The molecule has 12 nitrogen and oxygen atoms in total. The molecule has 0 spiro atoms. The molecule has 40 heavy (non-hydrogen) atoms. The van der Waals surface area contributed by atoms with Crippen LogP contribution in [0, 0.1) is 0 Å². The van der Waals surface area contributed by atoms with Gasteiger partial charge in [-0.3, -0.25) is 24.0 Å². The molecule has 0 aliphatic heterocycles. The zero-order valence-electron chi connectivity index (χ0n) is 25.4. The minimum absolute atomic E-state index is 0. The van der Waals surface area contributed by atoms with Gasteiger partial charge in [0.1, 0.15) is 18.7 Å². The first kappa shape index (κ1) is 41.0. The number of amides is 1. The predicted octanol–water partition coefficient (Wildman–Crippen LogP) is -0.241. The summed E-state index contributed by atoms with van der Waals surface area (Å²) in [6.07, 6.45) is 10.6. The molecular weight excluding hydrogens is 549 g/mol. The summed E-state index contributed by atoms with van der Waals surface area (Å²) in [6, 6.07) is -2.68. The van der Waals surface area contributed by atoms with Crippen molar-refractivity contribution in [2.75, 3.05) is 13.2 Å². The van der Waals surface area contributed by atoms with Gasteiger partial charge in [-0.05, 0) is 32.1 Å². The largest absolute Gasteiger partial charge is 1.00 e. The topological polar surface area (TPSA) is 208 Å². The number of carboxylic acid groups (broad SMARTS) is 2. The number of nitrogens with two attached hydrogens (primary N) is 2. The van der Waals surface area contributed by atoms with E-state index in [4.69, 9.17) is 31.2 Å². The van der Waals surface area contributed by atoms with E-state index in [2.05, 4.69) is 12.2 Å². The van der Waals surface area contributed by atoms with Gasteiger partial charge in [0.15, 0.2) is 0 Å². The van der Waals surface area contributed by atoms with Crippen LogP contribution in [0.1, 0.15) is 111 Å². The Bertz CT molecular complexity index is 747. The minimum Gasteiger partial charge on any atom is -1.00 e. The van der Waals surface area contributed by atoms with Crippen LogP contribution in [-0.2, 0) is 33.4 Å². The molecule has 3 atom stereocenters. The maximum Gasteiger partial charge on any atom is 1.00 e. The molecule has 3 unspecified atom stereocenters. The molecule has 0 heterocycles. The number of carbonyl (C=O) groups is 5. The summed E-state index contributed by atoms with van der Waals surface area (Å²) in [6.45, 7) is 2.03. The van der Waals surface area contributed by atoms with Crippen LogP contribution < -0.4 is 68.2 Å². The number of aliphatic carboxylic acids is 2. The Hall–Kier alpha value is -1.09. The molecule has 0 rings (SSSR count). The van der Waals surface area contributed by atoms with Crippen molar-refractivity contribution in [1.82, 2.24) is 5.32 Å². The Labute approximate surface area is 281 Å². The quantitative estimate of drug-likeness (QED) is 0.0525. The van der Waals surface area contributed by atoms with Crippen LogP contribution >= 0.6 is 0 Å². The fourth-order valence-corrected chi connectivity index (χ4v) is 3.79. The van der Waals surface area contributed by atoms with E-state index < -0.39 is 42.0 Å². The Morgan fingerprint density at radius 2 is 1.18 bits per heavy atom.